The van der Waals surface area contributed by atoms with E-state index in [4.69, 9.17) is 0 Å². The maximum absolute atomic E-state index is 13.6. The van der Waals surface area contributed by atoms with Gasteiger partial charge in [-0.3, -0.25) is 14.4 Å². The molecule has 2 amide bonds. The van der Waals surface area contributed by atoms with Gasteiger partial charge in [-0.2, -0.15) is 0 Å². The zero-order valence-electron chi connectivity index (χ0n) is 18.7. The molecular formula is C23H27F2N3O5. The molecule has 0 unspecified atom stereocenters. The summed E-state index contributed by atoms with van der Waals surface area (Å²) >= 11 is 0. The van der Waals surface area contributed by atoms with Gasteiger partial charge in [-0.1, -0.05) is 6.07 Å². The van der Waals surface area contributed by atoms with Crippen LogP contribution < -0.4 is 10.7 Å². The van der Waals surface area contributed by atoms with Crippen LogP contribution in [0.25, 0.3) is 0 Å². The molecule has 1 aliphatic heterocycles. The number of nitrogens with zero attached hydrogens (tertiary/aromatic N) is 2. The highest BCUT2D eigenvalue weighted by molar-refractivity contribution is 5.99. The number of ether oxygens (including phenoxy) is 1. The normalized spacial score (nSPS) is 12.0. The van der Waals surface area contributed by atoms with Crippen LogP contribution in [-0.2, 0) is 17.8 Å². The van der Waals surface area contributed by atoms with E-state index in [0.717, 1.165) is 12.7 Å². The van der Waals surface area contributed by atoms with Crippen molar-refractivity contribution in [3.8, 4) is 18.6 Å². The minimum Gasteiger partial charge on any atom is -0.503 e. The molecule has 0 aliphatic carbocycles. The van der Waals surface area contributed by atoms with Crippen molar-refractivity contribution in [2.24, 2.45) is 0 Å². The fourth-order valence-electron chi connectivity index (χ4n) is 2.93. The number of rotatable bonds is 5. The lowest BCUT2D eigenvalue weighted by molar-refractivity contribution is 0.0705. The van der Waals surface area contributed by atoms with Gasteiger partial charge in [-0.25, -0.2) is 8.78 Å². The summed E-state index contributed by atoms with van der Waals surface area (Å²) in [4.78, 5) is 38.4. The average molecular weight is 463 g/mol. The van der Waals surface area contributed by atoms with Gasteiger partial charge in [-0.05, 0) is 19.9 Å². The second-order valence-corrected chi connectivity index (χ2v) is 6.64. The Morgan fingerprint density at radius 1 is 1.21 bits per heavy atom. The van der Waals surface area contributed by atoms with E-state index in [-0.39, 0.29) is 23.4 Å². The molecule has 1 aliphatic rings. The van der Waals surface area contributed by atoms with Gasteiger partial charge in [-0.15, -0.1) is 12.8 Å². The Bertz CT molecular complexity index is 1060. The summed E-state index contributed by atoms with van der Waals surface area (Å²) in [5, 5.41) is 12.5. The zero-order valence-corrected chi connectivity index (χ0v) is 18.7. The number of halogens is 2. The highest BCUT2D eigenvalue weighted by Crippen LogP contribution is 2.20. The lowest BCUT2D eigenvalue weighted by Gasteiger charge is -2.29. The largest absolute Gasteiger partial charge is 0.503 e. The maximum Gasteiger partial charge on any atom is 0.274 e. The van der Waals surface area contributed by atoms with Gasteiger partial charge < -0.3 is 24.6 Å². The molecule has 2 heterocycles. The first kappa shape index (κ1) is 27.3. The number of terminal acetylenes is 1. The first-order valence-corrected chi connectivity index (χ1v) is 10.0. The van der Waals surface area contributed by atoms with E-state index in [2.05, 4.69) is 22.9 Å². The van der Waals surface area contributed by atoms with Crippen LogP contribution in [0.1, 0.15) is 40.3 Å². The van der Waals surface area contributed by atoms with Crippen molar-refractivity contribution >= 4 is 11.8 Å². The van der Waals surface area contributed by atoms with E-state index >= 15 is 0 Å². The van der Waals surface area contributed by atoms with Crippen LogP contribution in [0.2, 0.25) is 0 Å². The summed E-state index contributed by atoms with van der Waals surface area (Å²) < 4.78 is 32.5. The van der Waals surface area contributed by atoms with Crippen LogP contribution in [-0.4, -0.2) is 53.2 Å². The number of likely N-dealkylation sites (N-methyl/N-ethyl adjacent to an activating group) is 1. The van der Waals surface area contributed by atoms with Crippen LogP contribution >= 0.6 is 0 Å². The van der Waals surface area contributed by atoms with Crippen LogP contribution in [0.3, 0.4) is 0 Å². The molecule has 0 fully saturated rings. The summed E-state index contributed by atoms with van der Waals surface area (Å²) in [6, 6.07) is 2.92. The molecule has 0 radical (unpaired) electrons. The summed E-state index contributed by atoms with van der Waals surface area (Å²) in [5.74, 6) is -3.69. The minimum atomic E-state index is -0.982. The Kier molecular flexibility index (Phi) is 10.7. The second-order valence-electron chi connectivity index (χ2n) is 6.64. The fraction of sp³-hybridized carbons (Fsp3) is 0.348. The van der Waals surface area contributed by atoms with Crippen molar-refractivity contribution in [3.05, 3.63) is 63.1 Å². The number of amides is 2. The molecule has 3 rings (SSSR count). The number of hydrogen-bond acceptors (Lipinski definition) is 5. The van der Waals surface area contributed by atoms with Crippen molar-refractivity contribution in [1.82, 2.24) is 14.8 Å². The summed E-state index contributed by atoms with van der Waals surface area (Å²) in [6.45, 7) is 5.41. The number of aromatic hydroxyl groups is 1. The Morgan fingerprint density at radius 3 is 2.39 bits per heavy atom. The van der Waals surface area contributed by atoms with E-state index in [0.29, 0.717) is 25.7 Å². The van der Waals surface area contributed by atoms with Crippen LogP contribution in [0, 0.1) is 24.5 Å². The number of carbonyl (C=O) groups is 2. The predicted octanol–water partition coefficient (Wildman–Crippen LogP) is 2.14. The van der Waals surface area contributed by atoms with Crippen molar-refractivity contribution in [3.63, 3.8) is 0 Å². The van der Waals surface area contributed by atoms with E-state index in [1.54, 1.807) is 14.0 Å². The van der Waals surface area contributed by atoms with Crippen molar-refractivity contribution in [1.29, 1.82) is 0 Å². The van der Waals surface area contributed by atoms with Crippen LogP contribution in [0.15, 0.2) is 29.2 Å². The van der Waals surface area contributed by atoms with Crippen molar-refractivity contribution < 1.29 is 28.2 Å². The highest BCUT2D eigenvalue weighted by Gasteiger charge is 2.29. The Balaban J connectivity index is 0.000000820. The molecule has 1 aromatic heterocycles. The quantitative estimate of drug-likeness (QED) is 0.662. The van der Waals surface area contributed by atoms with Crippen molar-refractivity contribution in [2.75, 3.05) is 26.8 Å². The molecular weight excluding hydrogens is 436 g/mol. The SMILES string of the molecule is C#C.CCN1CCn2cc(C(=O)NCc3ccc(F)cc3F)c(=O)c(O)c2C1=O.CCOC. The van der Waals surface area contributed by atoms with E-state index in [1.807, 2.05) is 6.92 Å². The summed E-state index contributed by atoms with van der Waals surface area (Å²) in [6.07, 6.45) is 9.21. The number of nitrogens with one attached hydrogen (secondary N) is 1. The van der Waals surface area contributed by atoms with Gasteiger partial charge in [0.2, 0.25) is 5.43 Å². The van der Waals surface area contributed by atoms with Crippen LogP contribution in [0.4, 0.5) is 8.78 Å². The molecule has 8 nitrogen and oxygen atoms in total. The molecule has 33 heavy (non-hydrogen) atoms. The number of benzene rings is 1. The van der Waals surface area contributed by atoms with Gasteiger partial charge in [0.25, 0.3) is 11.8 Å². The minimum absolute atomic E-state index is 0.0424. The number of fused-ring (bicyclic) bond motifs is 1. The molecule has 1 aromatic carbocycles. The molecule has 0 spiro atoms. The van der Waals surface area contributed by atoms with Gasteiger partial charge >= 0.3 is 0 Å². The van der Waals surface area contributed by atoms with Crippen LogP contribution in [0.5, 0.6) is 5.75 Å². The van der Waals surface area contributed by atoms with Gasteiger partial charge in [0.05, 0.1) is 0 Å². The second kappa shape index (κ2) is 13.0. The summed E-state index contributed by atoms with van der Waals surface area (Å²) in [5.41, 5.74) is -1.46. The number of methoxy groups -OCH3 is 1. The van der Waals surface area contributed by atoms with Crippen molar-refractivity contribution in [2.45, 2.75) is 26.9 Å². The van der Waals surface area contributed by atoms with Gasteiger partial charge in [0.15, 0.2) is 11.4 Å². The predicted molar refractivity (Wildman–Crippen MR) is 119 cm³/mol. The molecule has 2 aromatic rings. The number of hydrogen-bond donors (Lipinski definition) is 2. The Labute approximate surface area is 190 Å². The van der Waals surface area contributed by atoms with E-state index in [1.165, 1.54) is 21.7 Å². The maximum atomic E-state index is 13.6. The number of pyridine rings is 1. The molecule has 10 heteroatoms. The zero-order chi connectivity index (χ0) is 25.1. The lowest BCUT2D eigenvalue weighted by Crippen LogP contribution is -2.42. The fourth-order valence-corrected chi connectivity index (χ4v) is 2.93. The molecule has 178 valence electrons. The third-order valence-corrected chi connectivity index (χ3v) is 4.73. The highest BCUT2D eigenvalue weighted by atomic mass is 19.1. The first-order valence-electron chi connectivity index (χ1n) is 10.0. The van der Waals surface area contributed by atoms with E-state index in [9.17, 15) is 28.3 Å². The number of carbonyl (C=O) groups excluding carboxylic acids is 2. The lowest BCUT2D eigenvalue weighted by atomic mass is 10.1. The van der Waals surface area contributed by atoms with Gasteiger partial charge in [0, 0.05) is 57.7 Å². The summed E-state index contributed by atoms with van der Waals surface area (Å²) in [7, 11) is 1.68. The molecule has 0 atom stereocenters. The molecule has 0 bridgehead atoms. The van der Waals surface area contributed by atoms with E-state index < -0.39 is 34.6 Å². The molecule has 0 saturated carbocycles. The Hall–Kier alpha value is -3.71. The monoisotopic (exact) mass is 463 g/mol. The van der Waals surface area contributed by atoms with Gasteiger partial charge in [0.1, 0.15) is 17.2 Å². The topological polar surface area (TPSA) is 101 Å². The average Bonchev–Trinajstić information content (AvgIpc) is 2.82. The smallest absolute Gasteiger partial charge is 0.274 e. The standard InChI is InChI=1S/C18H17F2N3O4.C3H8O.C2H2/c1-2-22-5-6-23-9-12(15(24)16(25)14(23)18(22)27)17(26)21-8-10-3-4-11(19)7-13(10)20;1-3-4-2;1-2/h3-4,7,9,25H,2,5-6,8H2,1H3,(H,21,26);3H2,1-2H3;1-2H. The third-order valence-electron chi connectivity index (χ3n) is 4.73. The molecule has 0 saturated heterocycles. The first-order chi connectivity index (χ1) is 15.7. The third kappa shape index (κ3) is 6.63. The Morgan fingerprint density at radius 2 is 1.85 bits per heavy atom. The number of aromatic nitrogens is 1. The molecule has 2 N–H and O–H groups in total.